The molecule has 3 N–H and O–H groups in total. The Hall–Kier alpha value is -1.77. The zero-order valence-corrected chi connectivity index (χ0v) is 12.4. The quantitative estimate of drug-likeness (QED) is 0.894. The average Bonchev–Trinajstić information content (AvgIpc) is 2.25. The summed E-state index contributed by atoms with van der Waals surface area (Å²) in [7, 11) is -3.99. The maximum Gasteiger partial charge on any atom is 0.416 e. The van der Waals surface area contributed by atoms with Gasteiger partial charge in [0.15, 0.2) is 0 Å². The molecule has 0 aliphatic rings. The third-order valence-corrected chi connectivity index (χ3v) is 4.76. The molecule has 21 heavy (non-hydrogen) atoms. The van der Waals surface area contributed by atoms with Crippen LogP contribution < -0.4 is 10.5 Å². The van der Waals surface area contributed by atoms with Crippen LogP contribution in [0.2, 0.25) is 0 Å². The van der Waals surface area contributed by atoms with E-state index < -0.39 is 38.1 Å². The molecular weight excluding hydrogens is 309 g/mol. The topological polar surface area (TPSA) is 89.3 Å². The third-order valence-electron chi connectivity index (χ3n) is 2.66. The Labute approximate surface area is 120 Å². The van der Waals surface area contributed by atoms with Gasteiger partial charge < -0.3 is 5.73 Å². The molecule has 0 spiro atoms. The van der Waals surface area contributed by atoms with Gasteiger partial charge in [-0.25, -0.2) is 8.42 Å². The van der Waals surface area contributed by atoms with Crippen LogP contribution in [0.15, 0.2) is 18.2 Å². The molecule has 0 unspecified atom stereocenters. The van der Waals surface area contributed by atoms with Gasteiger partial charge in [0.25, 0.3) is 5.91 Å². The van der Waals surface area contributed by atoms with Crippen molar-refractivity contribution in [2.45, 2.75) is 31.7 Å². The zero-order valence-electron chi connectivity index (χ0n) is 11.6. The van der Waals surface area contributed by atoms with Crippen molar-refractivity contribution >= 4 is 21.6 Å². The lowest BCUT2D eigenvalue weighted by atomic mass is 10.1. The summed E-state index contributed by atoms with van der Waals surface area (Å²) in [5.41, 5.74) is 3.13. The molecule has 0 fully saturated rings. The van der Waals surface area contributed by atoms with E-state index in [1.165, 1.54) is 20.8 Å². The standard InChI is InChI=1S/C12H15F3N2O3S/c1-11(2,3)21(19,20)17-9-6-7(12(13,14)15)4-5-8(9)10(16)18/h4-6,17H,1-3H3,(H2,16,18). The van der Waals surface area contributed by atoms with Gasteiger partial charge in [-0.15, -0.1) is 0 Å². The van der Waals surface area contributed by atoms with Crippen molar-refractivity contribution < 1.29 is 26.4 Å². The minimum absolute atomic E-state index is 0.337. The van der Waals surface area contributed by atoms with Crippen LogP contribution in [0.3, 0.4) is 0 Å². The summed E-state index contributed by atoms with van der Waals surface area (Å²) in [5, 5.41) is 0. The number of rotatable bonds is 3. The van der Waals surface area contributed by atoms with E-state index in [1.54, 1.807) is 0 Å². The van der Waals surface area contributed by atoms with Crippen LogP contribution in [-0.2, 0) is 16.2 Å². The first kappa shape index (κ1) is 17.3. The van der Waals surface area contributed by atoms with E-state index in [0.717, 1.165) is 6.07 Å². The summed E-state index contributed by atoms with van der Waals surface area (Å²) >= 11 is 0. The number of halogens is 3. The molecule has 0 aromatic heterocycles. The van der Waals surface area contributed by atoms with Crippen LogP contribution in [0.25, 0.3) is 0 Å². The van der Waals surface area contributed by atoms with E-state index in [1.807, 2.05) is 4.72 Å². The van der Waals surface area contributed by atoms with Crippen molar-refractivity contribution in [1.82, 2.24) is 0 Å². The first-order valence-electron chi connectivity index (χ1n) is 5.79. The molecule has 0 bridgehead atoms. The number of carbonyl (C=O) groups excluding carboxylic acids is 1. The molecule has 0 saturated heterocycles. The fraction of sp³-hybridized carbons (Fsp3) is 0.417. The highest BCUT2D eigenvalue weighted by Crippen LogP contribution is 2.33. The molecule has 0 aliphatic heterocycles. The van der Waals surface area contributed by atoms with E-state index in [-0.39, 0.29) is 5.56 Å². The van der Waals surface area contributed by atoms with E-state index in [2.05, 4.69) is 0 Å². The largest absolute Gasteiger partial charge is 0.416 e. The molecular formula is C12H15F3N2O3S. The van der Waals surface area contributed by atoms with Gasteiger partial charge in [-0.1, -0.05) is 0 Å². The maximum atomic E-state index is 12.7. The number of amides is 1. The Morgan fingerprint density at radius 2 is 1.71 bits per heavy atom. The summed E-state index contributed by atoms with van der Waals surface area (Å²) in [6, 6.07) is 2.05. The van der Waals surface area contributed by atoms with Crippen LogP contribution in [0.4, 0.5) is 18.9 Å². The van der Waals surface area contributed by atoms with Crippen molar-refractivity contribution in [2.75, 3.05) is 4.72 Å². The second kappa shape index (κ2) is 5.21. The van der Waals surface area contributed by atoms with Crippen LogP contribution in [0.1, 0.15) is 36.7 Å². The Balaban J connectivity index is 3.42. The van der Waals surface area contributed by atoms with Crippen molar-refractivity contribution in [3.05, 3.63) is 29.3 Å². The summed E-state index contributed by atoms with van der Waals surface area (Å²) in [5.74, 6) is -1.03. The number of alkyl halides is 3. The van der Waals surface area contributed by atoms with Crippen molar-refractivity contribution in [3.8, 4) is 0 Å². The summed E-state index contributed by atoms with van der Waals surface area (Å²) < 4.78 is 62.8. The highest BCUT2D eigenvalue weighted by Gasteiger charge is 2.34. The Bertz CT molecular complexity index is 661. The number of hydrogen-bond acceptors (Lipinski definition) is 3. The van der Waals surface area contributed by atoms with Crippen LogP contribution in [-0.4, -0.2) is 19.1 Å². The molecule has 118 valence electrons. The first-order chi connectivity index (χ1) is 9.25. The number of primary amides is 1. The highest BCUT2D eigenvalue weighted by atomic mass is 32.2. The SMILES string of the molecule is CC(C)(C)S(=O)(=O)Nc1cc(C(F)(F)F)ccc1C(N)=O. The number of nitrogens with one attached hydrogen (secondary N) is 1. The minimum atomic E-state index is -4.67. The predicted molar refractivity (Wildman–Crippen MR) is 72.3 cm³/mol. The van der Waals surface area contributed by atoms with Crippen LogP contribution in [0, 0.1) is 0 Å². The van der Waals surface area contributed by atoms with Crippen molar-refractivity contribution in [2.24, 2.45) is 5.73 Å². The molecule has 1 rings (SSSR count). The highest BCUT2D eigenvalue weighted by molar-refractivity contribution is 7.94. The van der Waals surface area contributed by atoms with Gasteiger partial charge in [0.1, 0.15) is 0 Å². The molecule has 0 atom stereocenters. The van der Waals surface area contributed by atoms with Gasteiger partial charge in [0.2, 0.25) is 10.0 Å². The second-order valence-corrected chi connectivity index (χ2v) is 7.78. The number of nitrogens with two attached hydrogens (primary N) is 1. The molecule has 0 saturated carbocycles. The average molecular weight is 324 g/mol. The Morgan fingerprint density at radius 1 is 1.19 bits per heavy atom. The normalized spacial score (nSPS) is 13.0. The smallest absolute Gasteiger partial charge is 0.366 e. The number of anilines is 1. The number of benzene rings is 1. The minimum Gasteiger partial charge on any atom is -0.366 e. The van der Waals surface area contributed by atoms with Gasteiger partial charge in [-0.2, -0.15) is 13.2 Å². The lowest BCUT2D eigenvalue weighted by Gasteiger charge is -2.22. The van der Waals surface area contributed by atoms with Gasteiger partial charge in [-0.05, 0) is 39.0 Å². The summed E-state index contributed by atoms with van der Waals surface area (Å²) in [4.78, 5) is 11.2. The predicted octanol–water partition coefficient (Wildman–Crippen LogP) is 2.34. The van der Waals surface area contributed by atoms with Gasteiger partial charge >= 0.3 is 6.18 Å². The van der Waals surface area contributed by atoms with E-state index in [4.69, 9.17) is 5.73 Å². The summed E-state index contributed by atoms with van der Waals surface area (Å²) in [6.45, 7) is 4.10. The Kier molecular flexibility index (Phi) is 4.29. The summed E-state index contributed by atoms with van der Waals surface area (Å²) in [6.07, 6.45) is -4.67. The fourth-order valence-corrected chi connectivity index (χ4v) is 2.08. The molecule has 0 heterocycles. The Morgan fingerprint density at radius 3 is 2.10 bits per heavy atom. The van der Waals surface area contributed by atoms with Gasteiger partial charge in [0, 0.05) is 0 Å². The van der Waals surface area contributed by atoms with E-state index in [0.29, 0.717) is 12.1 Å². The third kappa shape index (κ3) is 3.87. The molecule has 0 aliphatic carbocycles. The molecule has 5 nitrogen and oxygen atoms in total. The van der Waals surface area contributed by atoms with Crippen molar-refractivity contribution in [3.63, 3.8) is 0 Å². The number of hydrogen-bond donors (Lipinski definition) is 2. The monoisotopic (exact) mass is 324 g/mol. The second-order valence-electron chi connectivity index (χ2n) is 5.34. The molecule has 1 amide bonds. The van der Waals surface area contributed by atoms with E-state index in [9.17, 15) is 26.4 Å². The molecule has 1 aromatic carbocycles. The zero-order chi connectivity index (χ0) is 16.6. The lowest BCUT2D eigenvalue weighted by Crippen LogP contribution is -2.34. The van der Waals surface area contributed by atoms with Gasteiger partial charge in [-0.3, -0.25) is 9.52 Å². The van der Waals surface area contributed by atoms with E-state index >= 15 is 0 Å². The lowest BCUT2D eigenvalue weighted by molar-refractivity contribution is -0.137. The van der Waals surface area contributed by atoms with Gasteiger partial charge in [0.05, 0.1) is 21.6 Å². The van der Waals surface area contributed by atoms with Crippen LogP contribution >= 0.6 is 0 Å². The molecule has 1 aromatic rings. The maximum absolute atomic E-state index is 12.7. The first-order valence-corrected chi connectivity index (χ1v) is 7.27. The number of carbonyl (C=O) groups is 1. The fourth-order valence-electron chi connectivity index (χ4n) is 1.32. The van der Waals surface area contributed by atoms with Crippen molar-refractivity contribution in [1.29, 1.82) is 0 Å². The molecule has 0 radical (unpaired) electrons. The van der Waals surface area contributed by atoms with Crippen LogP contribution in [0.5, 0.6) is 0 Å². The molecule has 9 heteroatoms. The number of sulfonamides is 1.